The third-order valence-corrected chi connectivity index (χ3v) is 5.03. The first-order valence-corrected chi connectivity index (χ1v) is 11.1. The largest absolute Gasteiger partial charge is 0.493 e. The van der Waals surface area contributed by atoms with Gasteiger partial charge in [0.05, 0.1) is 23.7 Å². The Morgan fingerprint density at radius 1 is 1.12 bits per heavy atom. The second-order valence-electron chi connectivity index (χ2n) is 9.40. The molecule has 3 aromatic rings. The third-order valence-electron chi connectivity index (χ3n) is 5.03. The molecule has 0 aliphatic heterocycles. The number of fused-ring (bicyclic) bond motifs is 1. The number of hydrogen-bond acceptors (Lipinski definition) is 5. The summed E-state index contributed by atoms with van der Waals surface area (Å²) in [6.07, 6.45) is 2.11. The van der Waals surface area contributed by atoms with Crippen molar-refractivity contribution in [3.8, 4) is 22.9 Å². The predicted octanol–water partition coefficient (Wildman–Crippen LogP) is 5.31. The van der Waals surface area contributed by atoms with Crippen molar-refractivity contribution >= 4 is 17.1 Å². The van der Waals surface area contributed by atoms with Crippen molar-refractivity contribution in [2.75, 3.05) is 13.2 Å². The van der Waals surface area contributed by atoms with Crippen LogP contribution in [0.4, 0.5) is 4.79 Å². The van der Waals surface area contributed by atoms with Crippen molar-refractivity contribution in [3.63, 3.8) is 0 Å². The second kappa shape index (κ2) is 9.10. The Morgan fingerprint density at radius 3 is 2.53 bits per heavy atom. The van der Waals surface area contributed by atoms with Gasteiger partial charge in [-0.2, -0.15) is 0 Å². The Hall–Kier alpha value is -3.22. The number of aromatic amines is 1. The van der Waals surface area contributed by atoms with Gasteiger partial charge < -0.3 is 24.5 Å². The van der Waals surface area contributed by atoms with Gasteiger partial charge in [-0.25, -0.2) is 9.78 Å². The molecular weight excluding hydrogens is 406 g/mol. The van der Waals surface area contributed by atoms with E-state index in [0.29, 0.717) is 12.4 Å². The molecule has 1 heterocycles. The van der Waals surface area contributed by atoms with E-state index in [9.17, 15) is 4.79 Å². The molecule has 4 rings (SSSR count). The zero-order valence-electron chi connectivity index (χ0n) is 19.1. The Bertz CT molecular complexity index is 1060. The van der Waals surface area contributed by atoms with E-state index in [4.69, 9.17) is 14.2 Å². The van der Waals surface area contributed by atoms with Gasteiger partial charge in [0.15, 0.2) is 0 Å². The highest BCUT2D eigenvalue weighted by molar-refractivity contribution is 5.80. The summed E-state index contributed by atoms with van der Waals surface area (Å²) < 4.78 is 16.9. The van der Waals surface area contributed by atoms with E-state index in [1.54, 1.807) is 0 Å². The number of alkyl carbamates (subject to hydrolysis) is 1. The molecule has 1 amide bonds. The van der Waals surface area contributed by atoms with Crippen molar-refractivity contribution in [1.82, 2.24) is 15.3 Å². The van der Waals surface area contributed by atoms with E-state index < -0.39 is 11.7 Å². The fourth-order valence-corrected chi connectivity index (χ4v) is 3.19. The number of hydrogen-bond donors (Lipinski definition) is 2. The van der Waals surface area contributed by atoms with Crippen molar-refractivity contribution in [2.24, 2.45) is 5.92 Å². The average Bonchev–Trinajstić information content (AvgIpc) is 3.46. The highest BCUT2D eigenvalue weighted by Crippen LogP contribution is 2.30. The van der Waals surface area contributed by atoms with Crippen molar-refractivity contribution in [3.05, 3.63) is 42.5 Å². The molecule has 7 heteroatoms. The molecule has 0 spiro atoms. The monoisotopic (exact) mass is 437 g/mol. The van der Waals surface area contributed by atoms with E-state index in [-0.39, 0.29) is 6.04 Å². The minimum absolute atomic E-state index is 0.196. The molecule has 1 fully saturated rings. The first-order chi connectivity index (χ1) is 15.2. The molecule has 0 radical (unpaired) electrons. The Kier molecular flexibility index (Phi) is 6.26. The third kappa shape index (κ3) is 6.15. The summed E-state index contributed by atoms with van der Waals surface area (Å²) in [5, 5.41) is 2.78. The molecule has 32 heavy (non-hydrogen) atoms. The van der Waals surface area contributed by atoms with Crippen LogP contribution in [-0.2, 0) is 4.74 Å². The number of ether oxygens (including phenoxy) is 3. The average molecular weight is 438 g/mol. The summed E-state index contributed by atoms with van der Waals surface area (Å²) in [5.41, 5.74) is 2.22. The van der Waals surface area contributed by atoms with Crippen LogP contribution in [0, 0.1) is 5.92 Å². The van der Waals surface area contributed by atoms with E-state index in [0.717, 1.165) is 40.7 Å². The molecule has 1 atom stereocenters. The normalized spacial score (nSPS) is 14.8. The van der Waals surface area contributed by atoms with E-state index >= 15 is 0 Å². The molecular formula is C25H31N3O4. The van der Waals surface area contributed by atoms with Crippen molar-refractivity contribution in [2.45, 2.75) is 52.2 Å². The number of carbonyl (C=O) groups is 1. The van der Waals surface area contributed by atoms with Gasteiger partial charge in [-0.1, -0.05) is 0 Å². The molecule has 1 aliphatic carbocycles. The van der Waals surface area contributed by atoms with Crippen LogP contribution in [0.3, 0.4) is 0 Å². The van der Waals surface area contributed by atoms with E-state index in [1.807, 2.05) is 70.2 Å². The summed E-state index contributed by atoms with van der Waals surface area (Å²) >= 11 is 0. The van der Waals surface area contributed by atoms with Crippen LogP contribution in [0.25, 0.3) is 22.4 Å². The maximum atomic E-state index is 11.9. The predicted molar refractivity (Wildman–Crippen MR) is 124 cm³/mol. The lowest BCUT2D eigenvalue weighted by Crippen LogP contribution is -2.40. The second-order valence-corrected chi connectivity index (χ2v) is 9.40. The Morgan fingerprint density at radius 2 is 1.84 bits per heavy atom. The number of aromatic nitrogens is 2. The molecule has 2 aromatic carbocycles. The molecule has 1 aromatic heterocycles. The van der Waals surface area contributed by atoms with Gasteiger partial charge in [0, 0.05) is 11.6 Å². The number of H-pyrrole nitrogens is 1. The van der Waals surface area contributed by atoms with Gasteiger partial charge in [0.1, 0.15) is 29.5 Å². The minimum atomic E-state index is -0.530. The lowest BCUT2D eigenvalue weighted by atomic mass is 10.2. The quantitative estimate of drug-likeness (QED) is 0.499. The number of benzene rings is 2. The lowest BCUT2D eigenvalue weighted by Gasteiger charge is -2.22. The summed E-state index contributed by atoms with van der Waals surface area (Å²) in [6.45, 7) is 8.50. The maximum Gasteiger partial charge on any atom is 0.407 e. The first kappa shape index (κ1) is 22.0. The fourth-order valence-electron chi connectivity index (χ4n) is 3.19. The standard InChI is InChI=1S/C25H31N3O4/c1-16(26-24(29)32-25(2,3)4)14-30-20-11-12-21-22(13-20)28-23(27-21)18-7-9-19(10-8-18)31-15-17-5-6-17/h7-13,16-17H,5-6,14-15H2,1-4H3,(H,26,29)(H,27,28)/t16-/m0/s1. The van der Waals surface area contributed by atoms with E-state index in [2.05, 4.69) is 15.3 Å². The molecule has 1 aliphatic rings. The van der Waals surface area contributed by atoms with Crippen LogP contribution < -0.4 is 14.8 Å². The topological polar surface area (TPSA) is 85.5 Å². The smallest absolute Gasteiger partial charge is 0.407 e. The molecule has 0 saturated heterocycles. The molecule has 7 nitrogen and oxygen atoms in total. The molecule has 170 valence electrons. The minimum Gasteiger partial charge on any atom is -0.493 e. The zero-order chi connectivity index (χ0) is 22.7. The summed E-state index contributed by atoms with van der Waals surface area (Å²) in [4.78, 5) is 19.9. The van der Waals surface area contributed by atoms with Gasteiger partial charge in [-0.15, -0.1) is 0 Å². The summed E-state index contributed by atoms with van der Waals surface area (Å²) in [6, 6.07) is 13.5. The van der Waals surface area contributed by atoms with Gasteiger partial charge in [0.2, 0.25) is 0 Å². The number of nitrogens with one attached hydrogen (secondary N) is 2. The number of amides is 1. The molecule has 0 unspecified atom stereocenters. The zero-order valence-corrected chi connectivity index (χ0v) is 19.1. The van der Waals surface area contributed by atoms with Crippen molar-refractivity contribution in [1.29, 1.82) is 0 Å². The fraction of sp³-hybridized carbons (Fsp3) is 0.440. The molecule has 2 N–H and O–H groups in total. The van der Waals surface area contributed by atoms with Crippen LogP contribution in [0.1, 0.15) is 40.5 Å². The van der Waals surface area contributed by atoms with Gasteiger partial charge in [0.25, 0.3) is 0 Å². The van der Waals surface area contributed by atoms with Gasteiger partial charge in [-0.3, -0.25) is 0 Å². The lowest BCUT2D eigenvalue weighted by molar-refractivity contribution is 0.0494. The highest BCUT2D eigenvalue weighted by atomic mass is 16.6. The van der Waals surface area contributed by atoms with Crippen LogP contribution in [0.15, 0.2) is 42.5 Å². The van der Waals surface area contributed by atoms with Crippen LogP contribution in [-0.4, -0.2) is 40.9 Å². The van der Waals surface area contributed by atoms with E-state index in [1.165, 1.54) is 12.8 Å². The van der Waals surface area contributed by atoms with Crippen LogP contribution in [0.5, 0.6) is 11.5 Å². The maximum absolute atomic E-state index is 11.9. The summed E-state index contributed by atoms with van der Waals surface area (Å²) in [7, 11) is 0. The number of carbonyl (C=O) groups excluding carboxylic acids is 1. The van der Waals surface area contributed by atoms with Gasteiger partial charge in [-0.05, 0) is 82.9 Å². The summed E-state index contributed by atoms with van der Waals surface area (Å²) in [5.74, 6) is 3.12. The first-order valence-electron chi connectivity index (χ1n) is 11.1. The highest BCUT2D eigenvalue weighted by Gasteiger charge is 2.22. The Balaban J connectivity index is 1.34. The number of imidazole rings is 1. The SMILES string of the molecule is C[C@@H](COc1ccc2nc(-c3ccc(OCC4CC4)cc3)[nH]c2c1)NC(=O)OC(C)(C)C. The number of rotatable bonds is 8. The number of nitrogens with zero attached hydrogens (tertiary/aromatic N) is 1. The molecule has 0 bridgehead atoms. The van der Waals surface area contributed by atoms with Crippen LogP contribution in [0.2, 0.25) is 0 Å². The van der Waals surface area contributed by atoms with Crippen LogP contribution >= 0.6 is 0 Å². The van der Waals surface area contributed by atoms with Crippen molar-refractivity contribution < 1.29 is 19.0 Å². The van der Waals surface area contributed by atoms with Gasteiger partial charge >= 0.3 is 6.09 Å². The molecule has 1 saturated carbocycles. The Labute approximate surface area is 188 Å².